The number of rotatable bonds is 10. The molecule has 0 saturated carbocycles. The van der Waals surface area contributed by atoms with Crippen molar-refractivity contribution in [3.8, 4) is 0 Å². The van der Waals surface area contributed by atoms with Gasteiger partial charge in [0.1, 0.15) is 10.6 Å². The molecular weight excluding hydrogens is 299 g/mol. The Labute approximate surface area is 142 Å². The Bertz CT molecular complexity index is 491. The zero-order valence-corrected chi connectivity index (χ0v) is 15.4. The molecule has 0 saturated heterocycles. The molecule has 0 aliphatic carbocycles. The highest BCUT2D eigenvalue weighted by atomic mass is 31.2. The van der Waals surface area contributed by atoms with E-state index in [1.807, 2.05) is 0 Å². The third-order valence-corrected chi connectivity index (χ3v) is 7.59. The minimum atomic E-state index is -1.76. The van der Waals surface area contributed by atoms with Crippen LogP contribution >= 0.6 is 7.56 Å². The standard InChI is InChI=1S/C20H30N2P/c1-3-5-17-21-23(22-18-6-4-2,19-13-9-7-10-14-19)20-15-11-8-12-16-20/h7-16,21-22H,3-6,17-18H2,1-2H3/q+1. The number of nitrogens with one attached hydrogen (secondary N) is 2. The molecule has 0 aromatic heterocycles. The van der Waals surface area contributed by atoms with Crippen molar-refractivity contribution in [2.45, 2.75) is 39.5 Å². The van der Waals surface area contributed by atoms with Crippen LogP contribution in [0.3, 0.4) is 0 Å². The van der Waals surface area contributed by atoms with E-state index in [4.69, 9.17) is 0 Å². The lowest BCUT2D eigenvalue weighted by molar-refractivity contribution is 0.740. The molecule has 0 unspecified atom stereocenters. The van der Waals surface area contributed by atoms with Crippen LogP contribution in [-0.4, -0.2) is 13.1 Å². The van der Waals surface area contributed by atoms with Crippen LogP contribution in [0.1, 0.15) is 39.5 Å². The Balaban J connectivity index is 2.39. The fourth-order valence-corrected chi connectivity index (χ4v) is 6.09. The van der Waals surface area contributed by atoms with Crippen LogP contribution in [0.15, 0.2) is 60.7 Å². The summed E-state index contributed by atoms with van der Waals surface area (Å²) in [4.78, 5) is 0. The maximum Gasteiger partial charge on any atom is 0.213 e. The van der Waals surface area contributed by atoms with E-state index in [2.05, 4.69) is 84.7 Å². The summed E-state index contributed by atoms with van der Waals surface area (Å²) in [5, 5.41) is 10.6. The number of unbranched alkanes of at least 4 members (excludes halogenated alkanes) is 2. The molecule has 2 rings (SSSR count). The topological polar surface area (TPSA) is 24.1 Å². The molecule has 0 atom stereocenters. The molecule has 124 valence electrons. The van der Waals surface area contributed by atoms with E-state index in [1.54, 1.807) is 0 Å². The Morgan fingerprint density at radius 1 is 0.652 bits per heavy atom. The van der Waals surface area contributed by atoms with Crippen molar-refractivity contribution in [3.05, 3.63) is 60.7 Å². The van der Waals surface area contributed by atoms with Crippen LogP contribution in [0.4, 0.5) is 0 Å². The van der Waals surface area contributed by atoms with Gasteiger partial charge in [-0.25, -0.2) is 0 Å². The Hall–Kier alpha value is -1.21. The van der Waals surface area contributed by atoms with Crippen LogP contribution < -0.4 is 20.8 Å². The summed E-state index contributed by atoms with van der Waals surface area (Å²) in [5.41, 5.74) is 0. The summed E-state index contributed by atoms with van der Waals surface area (Å²) >= 11 is 0. The molecule has 2 nitrogen and oxygen atoms in total. The van der Waals surface area contributed by atoms with E-state index in [0.717, 1.165) is 13.1 Å². The third-order valence-electron chi connectivity index (χ3n) is 4.05. The smallest absolute Gasteiger partial charge is 0.167 e. The summed E-state index contributed by atoms with van der Waals surface area (Å²) < 4.78 is 0. The van der Waals surface area contributed by atoms with Crippen molar-refractivity contribution < 1.29 is 0 Å². The van der Waals surface area contributed by atoms with Gasteiger partial charge in [0.15, 0.2) is 0 Å². The summed E-state index contributed by atoms with van der Waals surface area (Å²) in [6, 6.07) is 21.8. The van der Waals surface area contributed by atoms with Gasteiger partial charge in [-0.1, -0.05) is 63.1 Å². The van der Waals surface area contributed by atoms with Gasteiger partial charge in [-0.05, 0) is 37.1 Å². The van der Waals surface area contributed by atoms with Crippen LogP contribution in [0.5, 0.6) is 0 Å². The van der Waals surface area contributed by atoms with E-state index in [-0.39, 0.29) is 0 Å². The molecule has 0 spiro atoms. The maximum absolute atomic E-state index is 3.93. The molecule has 3 heteroatoms. The average molecular weight is 329 g/mol. The highest BCUT2D eigenvalue weighted by Gasteiger charge is 2.42. The van der Waals surface area contributed by atoms with Crippen molar-refractivity contribution in [3.63, 3.8) is 0 Å². The van der Waals surface area contributed by atoms with E-state index in [1.165, 1.54) is 36.3 Å². The van der Waals surface area contributed by atoms with Gasteiger partial charge in [-0.15, -0.1) is 0 Å². The van der Waals surface area contributed by atoms with E-state index < -0.39 is 7.56 Å². The molecule has 0 heterocycles. The van der Waals surface area contributed by atoms with E-state index in [0.29, 0.717) is 0 Å². The van der Waals surface area contributed by atoms with Gasteiger partial charge in [-0.2, -0.15) is 10.2 Å². The Kier molecular flexibility index (Phi) is 7.74. The van der Waals surface area contributed by atoms with Crippen LogP contribution in [-0.2, 0) is 0 Å². The number of hydrogen-bond donors (Lipinski definition) is 2. The first kappa shape index (κ1) is 18.1. The van der Waals surface area contributed by atoms with Gasteiger partial charge in [0.2, 0.25) is 7.56 Å². The first-order valence-corrected chi connectivity index (χ1v) is 10.6. The van der Waals surface area contributed by atoms with E-state index in [9.17, 15) is 0 Å². The fraction of sp³-hybridized carbons (Fsp3) is 0.400. The highest BCUT2D eigenvalue weighted by Crippen LogP contribution is 2.47. The molecule has 23 heavy (non-hydrogen) atoms. The molecule has 0 radical (unpaired) electrons. The fourth-order valence-electron chi connectivity index (χ4n) is 2.72. The third kappa shape index (κ3) is 4.88. The second-order valence-corrected chi connectivity index (χ2v) is 8.87. The van der Waals surface area contributed by atoms with Gasteiger partial charge in [0, 0.05) is 13.1 Å². The molecule has 0 bridgehead atoms. The Morgan fingerprint density at radius 3 is 1.39 bits per heavy atom. The normalized spacial score (nSPS) is 11.6. The SMILES string of the molecule is CCCCN[P+](NCCCC)(c1ccccc1)c1ccccc1. The van der Waals surface area contributed by atoms with Gasteiger partial charge in [-0.3, -0.25) is 0 Å². The monoisotopic (exact) mass is 329 g/mol. The summed E-state index contributed by atoms with van der Waals surface area (Å²) in [6.45, 7) is 6.59. The van der Waals surface area contributed by atoms with Crippen molar-refractivity contribution in [1.29, 1.82) is 0 Å². The highest BCUT2D eigenvalue weighted by molar-refractivity contribution is 7.86. The summed E-state index contributed by atoms with van der Waals surface area (Å²) in [7, 11) is -1.76. The second-order valence-electron chi connectivity index (χ2n) is 5.87. The lowest BCUT2D eigenvalue weighted by Gasteiger charge is -2.28. The van der Waals surface area contributed by atoms with Gasteiger partial charge < -0.3 is 0 Å². The first-order valence-electron chi connectivity index (χ1n) is 8.84. The van der Waals surface area contributed by atoms with Gasteiger partial charge >= 0.3 is 0 Å². The average Bonchev–Trinajstić information content (AvgIpc) is 2.62. The number of hydrogen-bond acceptors (Lipinski definition) is 2. The lowest BCUT2D eigenvalue weighted by Crippen LogP contribution is -2.43. The second kappa shape index (κ2) is 9.82. The largest absolute Gasteiger partial charge is 0.213 e. The van der Waals surface area contributed by atoms with Crippen molar-refractivity contribution in [1.82, 2.24) is 10.2 Å². The summed E-state index contributed by atoms with van der Waals surface area (Å²) in [6.07, 6.45) is 4.84. The molecule has 0 amide bonds. The minimum absolute atomic E-state index is 1.05. The molecule has 0 fully saturated rings. The van der Waals surface area contributed by atoms with Gasteiger partial charge in [0.05, 0.1) is 0 Å². The Morgan fingerprint density at radius 2 is 1.04 bits per heavy atom. The lowest BCUT2D eigenvalue weighted by atomic mass is 10.3. The first-order chi connectivity index (χ1) is 11.3. The van der Waals surface area contributed by atoms with Crippen LogP contribution in [0.25, 0.3) is 0 Å². The molecular formula is C20H30N2P+. The number of benzene rings is 2. The van der Waals surface area contributed by atoms with Crippen molar-refractivity contribution in [2.75, 3.05) is 13.1 Å². The minimum Gasteiger partial charge on any atom is -0.167 e. The summed E-state index contributed by atoms with van der Waals surface area (Å²) in [5.74, 6) is 0. The predicted octanol–water partition coefficient (Wildman–Crippen LogP) is 4.26. The zero-order chi connectivity index (χ0) is 16.4. The predicted molar refractivity (Wildman–Crippen MR) is 105 cm³/mol. The van der Waals surface area contributed by atoms with Gasteiger partial charge in [0.25, 0.3) is 0 Å². The zero-order valence-electron chi connectivity index (χ0n) is 14.5. The van der Waals surface area contributed by atoms with E-state index >= 15 is 0 Å². The molecule has 2 aromatic carbocycles. The molecule has 2 aromatic rings. The molecule has 0 aliphatic rings. The molecule has 2 N–H and O–H groups in total. The quantitative estimate of drug-likeness (QED) is 0.502. The molecule has 0 aliphatic heterocycles. The van der Waals surface area contributed by atoms with Crippen molar-refractivity contribution >= 4 is 18.2 Å². The van der Waals surface area contributed by atoms with Crippen LogP contribution in [0, 0.1) is 0 Å². The van der Waals surface area contributed by atoms with Crippen molar-refractivity contribution in [2.24, 2.45) is 0 Å². The maximum atomic E-state index is 3.93. The van der Waals surface area contributed by atoms with Crippen LogP contribution in [0.2, 0.25) is 0 Å².